The molecule has 0 unspecified atom stereocenters. The zero-order valence-corrected chi connectivity index (χ0v) is 18.1. The molecule has 6 nitrogen and oxygen atoms in total. The number of nitrogens with zero attached hydrogens (tertiary/aromatic N) is 4. The van der Waals surface area contributed by atoms with Gasteiger partial charge in [-0.3, -0.25) is 4.90 Å². The number of aromatic nitrogens is 1. The van der Waals surface area contributed by atoms with Gasteiger partial charge in [0.05, 0.1) is 31.1 Å². The summed E-state index contributed by atoms with van der Waals surface area (Å²) in [5, 5.41) is 9.37. The standard InChI is InChI=1S/C23H34N4O2/c1-17-12-22(25-18(2)21(17)14-24)27-7-5-19-13-20(26-8-10-29-11-9-26)4-6-23(19,15-27)16-28-3/h12,19-20H,4-11,13,15-16H2,1-3H3/t19-,20-,23+/m0/s1. The predicted molar refractivity (Wildman–Crippen MR) is 113 cm³/mol. The summed E-state index contributed by atoms with van der Waals surface area (Å²) in [5.41, 5.74) is 2.77. The van der Waals surface area contributed by atoms with Crippen LogP contribution in [-0.2, 0) is 9.47 Å². The van der Waals surface area contributed by atoms with Gasteiger partial charge in [0.2, 0.25) is 0 Å². The summed E-state index contributed by atoms with van der Waals surface area (Å²) in [6.45, 7) is 10.7. The zero-order valence-electron chi connectivity index (χ0n) is 18.1. The van der Waals surface area contributed by atoms with E-state index < -0.39 is 0 Å². The number of ether oxygens (including phenoxy) is 2. The number of nitriles is 1. The van der Waals surface area contributed by atoms with Crippen LogP contribution < -0.4 is 4.90 Å². The Morgan fingerprint density at radius 3 is 2.76 bits per heavy atom. The van der Waals surface area contributed by atoms with Crippen molar-refractivity contribution in [3.63, 3.8) is 0 Å². The summed E-state index contributed by atoms with van der Waals surface area (Å²) >= 11 is 0. The zero-order chi connectivity index (χ0) is 20.4. The minimum Gasteiger partial charge on any atom is -0.384 e. The first kappa shape index (κ1) is 20.6. The van der Waals surface area contributed by atoms with Crippen LogP contribution in [0, 0.1) is 36.5 Å². The number of piperidine rings is 1. The molecule has 3 heterocycles. The molecule has 1 aliphatic carbocycles. The van der Waals surface area contributed by atoms with E-state index in [4.69, 9.17) is 14.5 Å². The van der Waals surface area contributed by atoms with Gasteiger partial charge >= 0.3 is 0 Å². The molecule has 0 bridgehead atoms. The Hall–Kier alpha value is -1.68. The number of methoxy groups -OCH3 is 1. The summed E-state index contributed by atoms with van der Waals surface area (Å²) in [5.74, 6) is 1.71. The summed E-state index contributed by atoms with van der Waals surface area (Å²) in [7, 11) is 1.84. The van der Waals surface area contributed by atoms with E-state index >= 15 is 0 Å². The second kappa shape index (κ2) is 8.59. The van der Waals surface area contributed by atoms with Crippen LogP contribution >= 0.6 is 0 Å². The fourth-order valence-corrected chi connectivity index (χ4v) is 5.89. The highest BCUT2D eigenvalue weighted by molar-refractivity contribution is 5.50. The van der Waals surface area contributed by atoms with Crippen LogP contribution in [0.1, 0.15) is 42.5 Å². The highest BCUT2D eigenvalue weighted by Crippen LogP contribution is 2.48. The van der Waals surface area contributed by atoms with Gasteiger partial charge in [0.1, 0.15) is 11.9 Å². The molecule has 3 atom stereocenters. The summed E-state index contributed by atoms with van der Waals surface area (Å²) in [4.78, 5) is 9.88. The van der Waals surface area contributed by atoms with Gasteiger partial charge in [-0.15, -0.1) is 0 Å². The minimum atomic E-state index is 0.202. The van der Waals surface area contributed by atoms with Gasteiger partial charge in [-0.2, -0.15) is 5.26 Å². The molecule has 3 fully saturated rings. The highest BCUT2D eigenvalue weighted by Gasteiger charge is 2.48. The number of pyridine rings is 1. The van der Waals surface area contributed by atoms with Gasteiger partial charge in [0, 0.05) is 44.7 Å². The first-order valence-electron chi connectivity index (χ1n) is 11.0. The van der Waals surface area contributed by atoms with Crippen molar-refractivity contribution in [3.8, 4) is 6.07 Å². The second-order valence-electron chi connectivity index (χ2n) is 9.15. The van der Waals surface area contributed by atoms with Crippen LogP contribution in [0.4, 0.5) is 5.82 Å². The molecule has 0 aromatic carbocycles. The lowest BCUT2D eigenvalue weighted by Gasteiger charge is -2.54. The van der Waals surface area contributed by atoms with Crippen molar-refractivity contribution in [1.29, 1.82) is 5.26 Å². The number of hydrogen-bond acceptors (Lipinski definition) is 6. The molecule has 4 rings (SSSR count). The predicted octanol–water partition coefficient (Wildman–Crippen LogP) is 2.91. The van der Waals surface area contributed by atoms with Crippen molar-refractivity contribution in [2.24, 2.45) is 11.3 Å². The van der Waals surface area contributed by atoms with Crippen LogP contribution in [0.2, 0.25) is 0 Å². The van der Waals surface area contributed by atoms with Gasteiger partial charge < -0.3 is 14.4 Å². The molecule has 0 radical (unpaired) electrons. The molecule has 158 valence electrons. The van der Waals surface area contributed by atoms with Crippen molar-refractivity contribution >= 4 is 5.82 Å². The quantitative estimate of drug-likeness (QED) is 0.777. The Morgan fingerprint density at radius 2 is 2.07 bits per heavy atom. The van der Waals surface area contributed by atoms with E-state index in [1.54, 1.807) is 0 Å². The number of aryl methyl sites for hydroxylation is 2. The summed E-state index contributed by atoms with van der Waals surface area (Å²) in [6.07, 6.45) is 4.91. The molecular formula is C23H34N4O2. The highest BCUT2D eigenvalue weighted by atomic mass is 16.5. The van der Waals surface area contributed by atoms with Gasteiger partial charge in [-0.25, -0.2) is 4.98 Å². The topological polar surface area (TPSA) is 61.6 Å². The number of anilines is 1. The molecule has 0 N–H and O–H groups in total. The van der Waals surface area contributed by atoms with E-state index in [2.05, 4.69) is 21.9 Å². The maximum absolute atomic E-state index is 9.37. The molecule has 1 aromatic rings. The van der Waals surface area contributed by atoms with Gasteiger partial charge in [0.25, 0.3) is 0 Å². The van der Waals surface area contributed by atoms with Gasteiger partial charge in [0.15, 0.2) is 0 Å². The van der Waals surface area contributed by atoms with Crippen molar-refractivity contribution in [3.05, 3.63) is 22.9 Å². The van der Waals surface area contributed by atoms with E-state index in [-0.39, 0.29) is 5.41 Å². The molecule has 2 saturated heterocycles. The lowest BCUT2D eigenvalue weighted by Crippen LogP contribution is -2.57. The van der Waals surface area contributed by atoms with E-state index in [0.29, 0.717) is 17.5 Å². The van der Waals surface area contributed by atoms with Gasteiger partial charge in [-0.05, 0) is 57.1 Å². The molecule has 29 heavy (non-hydrogen) atoms. The second-order valence-corrected chi connectivity index (χ2v) is 9.15. The van der Waals surface area contributed by atoms with Crippen LogP contribution in [-0.4, -0.2) is 69.0 Å². The Bertz CT molecular complexity index is 748. The Kier molecular flexibility index (Phi) is 6.10. The third-order valence-electron chi connectivity index (χ3n) is 7.46. The summed E-state index contributed by atoms with van der Waals surface area (Å²) in [6, 6.07) is 5.07. The average molecular weight is 399 g/mol. The number of rotatable bonds is 4. The van der Waals surface area contributed by atoms with E-state index in [1.807, 2.05) is 21.0 Å². The minimum absolute atomic E-state index is 0.202. The van der Waals surface area contributed by atoms with E-state index in [9.17, 15) is 5.26 Å². The number of hydrogen-bond donors (Lipinski definition) is 0. The Balaban J connectivity index is 1.52. The average Bonchev–Trinajstić information content (AvgIpc) is 2.73. The number of fused-ring (bicyclic) bond motifs is 1. The molecule has 6 heteroatoms. The lowest BCUT2D eigenvalue weighted by atomic mass is 9.62. The maximum atomic E-state index is 9.37. The largest absolute Gasteiger partial charge is 0.384 e. The third-order valence-corrected chi connectivity index (χ3v) is 7.46. The molecular weight excluding hydrogens is 364 g/mol. The molecule has 0 amide bonds. The normalized spacial score (nSPS) is 30.6. The molecule has 1 aromatic heterocycles. The monoisotopic (exact) mass is 398 g/mol. The van der Waals surface area contributed by atoms with Crippen molar-refractivity contribution < 1.29 is 9.47 Å². The van der Waals surface area contributed by atoms with Crippen molar-refractivity contribution in [2.75, 3.05) is 58.0 Å². The number of morpholine rings is 1. The van der Waals surface area contributed by atoms with E-state index in [1.165, 1.54) is 25.7 Å². The van der Waals surface area contributed by atoms with Crippen molar-refractivity contribution in [2.45, 2.75) is 45.6 Å². The summed E-state index contributed by atoms with van der Waals surface area (Å²) < 4.78 is 11.3. The molecule has 3 aliphatic rings. The first-order valence-corrected chi connectivity index (χ1v) is 11.0. The lowest BCUT2D eigenvalue weighted by molar-refractivity contribution is -0.0540. The van der Waals surface area contributed by atoms with Crippen LogP contribution in [0.15, 0.2) is 6.07 Å². The third kappa shape index (κ3) is 4.01. The molecule has 0 spiro atoms. The van der Waals surface area contributed by atoms with Crippen LogP contribution in [0.3, 0.4) is 0 Å². The maximum Gasteiger partial charge on any atom is 0.129 e. The van der Waals surface area contributed by atoms with Crippen LogP contribution in [0.5, 0.6) is 0 Å². The Morgan fingerprint density at radius 1 is 1.28 bits per heavy atom. The fraction of sp³-hybridized carbons (Fsp3) is 0.739. The van der Waals surface area contributed by atoms with E-state index in [0.717, 1.165) is 63.1 Å². The molecule has 2 aliphatic heterocycles. The smallest absolute Gasteiger partial charge is 0.129 e. The van der Waals surface area contributed by atoms with Crippen LogP contribution in [0.25, 0.3) is 0 Å². The first-order chi connectivity index (χ1) is 14.1. The van der Waals surface area contributed by atoms with Crippen molar-refractivity contribution in [1.82, 2.24) is 9.88 Å². The van der Waals surface area contributed by atoms with Gasteiger partial charge in [-0.1, -0.05) is 0 Å². The Labute approximate surface area is 174 Å². The SMILES string of the molecule is COC[C@]12CC[C@H](N3CCOCC3)C[C@@H]1CCN(c1cc(C)c(C#N)c(C)n1)C2. The molecule has 1 saturated carbocycles. The fourth-order valence-electron chi connectivity index (χ4n) is 5.89.